The predicted molar refractivity (Wildman–Crippen MR) is 65.2 cm³/mol. The zero-order valence-electron chi connectivity index (χ0n) is 8.21. The van der Waals surface area contributed by atoms with Gasteiger partial charge in [-0.15, -0.1) is 11.3 Å². The zero-order chi connectivity index (χ0) is 11.9. The van der Waals surface area contributed by atoms with Crippen LogP contribution in [-0.4, -0.2) is 13.1 Å². The largest absolute Gasteiger partial charge is 0.465 e. The molecular formula is C10H7BrFNO2S. The minimum atomic E-state index is -0.504. The molecule has 0 aliphatic carbocycles. The number of hydrogen-bond acceptors (Lipinski definition) is 4. The van der Waals surface area contributed by atoms with Crippen molar-refractivity contribution in [3.63, 3.8) is 0 Å². The number of methoxy groups -OCH3 is 1. The molecule has 0 spiro atoms. The van der Waals surface area contributed by atoms with E-state index in [0.717, 1.165) is 4.70 Å². The van der Waals surface area contributed by atoms with Gasteiger partial charge in [-0.3, -0.25) is 0 Å². The van der Waals surface area contributed by atoms with Gasteiger partial charge in [0.1, 0.15) is 10.7 Å². The number of benzene rings is 1. The van der Waals surface area contributed by atoms with Gasteiger partial charge < -0.3 is 10.5 Å². The molecule has 84 valence electrons. The highest BCUT2D eigenvalue weighted by Crippen LogP contribution is 2.36. The van der Waals surface area contributed by atoms with Crippen LogP contribution in [0.2, 0.25) is 0 Å². The van der Waals surface area contributed by atoms with Gasteiger partial charge in [-0.2, -0.15) is 0 Å². The molecule has 1 heterocycles. The highest BCUT2D eigenvalue weighted by atomic mass is 79.9. The van der Waals surface area contributed by atoms with Gasteiger partial charge in [-0.25, -0.2) is 9.18 Å². The molecule has 0 bridgehead atoms. The Hall–Kier alpha value is -1.14. The van der Waals surface area contributed by atoms with E-state index in [1.54, 1.807) is 6.07 Å². The molecule has 6 heteroatoms. The number of halogens is 2. The van der Waals surface area contributed by atoms with Crippen LogP contribution in [0.4, 0.5) is 10.1 Å². The molecular weight excluding hydrogens is 297 g/mol. The van der Waals surface area contributed by atoms with Crippen LogP contribution in [-0.2, 0) is 4.74 Å². The molecule has 0 radical (unpaired) electrons. The average molecular weight is 304 g/mol. The van der Waals surface area contributed by atoms with Crippen molar-refractivity contribution in [2.75, 3.05) is 12.8 Å². The third-order valence-electron chi connectivity index (χ3n) is 2.14. The van der Waals surface area contributed by atoms with Crippen LogP contribution >= 0.6 is 27.3 Å². The van der Waals surface area contributed by atoms with Crippen molar-refractivity contribution in [1.82, 2.24) is 0 Å². The lowest BCUT2D eigenvalue weighted by Gasteiger charge is -1.96. The molecule has 0 aliphatic heterocycles. The zero-order valence-corrected chi connectivity index (χ0v) is 10.6. The van der Waals surface area contributed by atoms with Crippen LogP contribution in [0.3, 0.4) is 0 Å². The number of hydrogen-bond donors (Lipinski definition) is 1. The van der Waals surface area contributed by atoms with Crippen LogP contribution in [0.15, 0.2) is 16.6 Å². The van der Waals surface area contributed by atoms with Crippen LogP contribution in [0, 0.1) is 5.82 Å². The van der Waals surface area contributed by atoms with E-state index in [1.807, 2.05) is 0 Å². The third-order valence-corrected chi connectivity index (χ3v) is 3.90. The normalized spacial score (nSPS) is 10.7. The van der Waals surface area contributed by atoms with Crippen molar-refractivity contribution >= 4 is 49.0 Å². The van der Waals surface area contributed by atoms with Crippen LogP contribution in [0.5, 0.6) is 0 Å². The Labute approximate surface area is 103 Å². The van der Waals surface area contributed by atoms with Gasteiger partial charge in [0.2, 0.25) is 0 Å². The number of esters is 1. The minimum Gasteiger partial charge on any atom is -0.465 e. The van der Waals surface area contributed by atoms with Crippen LogP contribution in [0.25, 0.3) is 10.1 Å². The Morgan fingerprint density at radius 1 is 1.56 bits per heavy atom. The van der Waals surface area contributed by atoms with E-state index in [2.05, 4.69) is 20.7 Å². The molecule has 0 fully saturated rings. The molecule has 0 saturated heterocycles. The van der Waals surface area contributed by atoms with Crippen molar-refractivity contribution in [2.45, 2.75) is 0 Å². The maximum atomic E-state index is 13.3. The van der Waals surface area contributed by atoms with E-state index in [1.165, 1.54) is 24.5 Å². The fourth-order valence-corrected chi connectivity index (χ4v) is 2.91. The van der Waals surface area contributed by atoms with E-state index in [4.69, 9.17) is 5.73 Å². The molecule has 2 rings (SSSR count). The molecule has 0 saturated carbocycles. The first-order valence-electron chi connectivity index (χ1n) is 4.30. The fraction of sp³-hybridized carbons (Fsp3) is 0.100. The third kappa shape index (κ3) is 1.68. The Balaban J connectivity index is 2.73. The first-order valence-corrected chi connectivity index (χ1v) is 5.91. The lowest BCUT2D eigenvalue weighted by atomic mass is 10.2. The molecule has 2 aromatic rings. The molecule has 0 amide bonds. The summed E-state index contributed by atoms with van der Waals surface area (Å²) in [6, 6.07) is 2.90. The monoisotopic (exact) mass is 303 g/mol. The number of rotatable bonds is 1. The molecule has 1 aromatic heterocycles. The Kier molecular flexibility index (Phi) is 2.86. The molecule has 0 aliphatic rings. The van der Waals surface area contributed by atoms with Gasteiger partial charge in [0.15, 0.2) is 0 Å². The van der Waals surface area contributed by atoms with Gasteiger partial charge in [0, 0.05) is 10.1 Å². The predicted octanol–water partition coefficient (Wildman–Crippen LogP) is 3.17. The summed E-state index contributed by atoms with van der Waals surface area (Å²) < 4.78 is 19.0. The molecule has 2 N–H and O–H groups in total. The quantitative estimate of drug-likeness (QED) is 0.823. The summed E-state index contributed by atoms with van der Waals surface area (Å²) >= 11 is 4.26. The van der Waals surface area contributed by atoms with E-state index >= 15 is 0 Å². The van der Waals surface area contributed by atoms with Gasteiger partial charge in [0.25, 0.3) is 0 Å². The molecule has 0 atom stereocenters. The summed E-state index contributed by atoms with van der Waals surface area (Å²) in [6.07, 6.45) is 0. The van der Waals surface area contributed by atoms with Crippen molar-refractivity contribution in [3.8, 4) is 0 Å². The van der Waals surface area contributed by atoms with E-state index in [9.17, 15) is 9.18 Å². The molecule has 3 nitrogen and oxygen atoms in total. The number of nitrogen functional groups attached to an aromatic ring is 1. The Bertz CT molecular complexity index is 582. The number of ether oxygens (including phenoxy) is 1. The highest BCUT2D eigenvalue weighted by molar-refractivity contribution is 9.10. The number of carbonyl (C=O) groups excluding carboxylic acids is 1. The Morgan fingerprint density at radius 3 is 2.88 bits per heavy atom. The topological polar surface area (TPSA) is 52.3 Å². The van der Waals surface area contributed by atoms with Crippen molar-refractivity contribution in [3.05, 3.63) is 27.3 Å². The van der Waals surface area contributed by atoms with Crippen molar-refractivity contribution in [1.29, 1.82) is 0 Å². The number of carbonyl (C=O) groups is 1. The van der Waals surface area contributed by atoms with Crippen molar-refractivity contribution in [2.24, 2.45) is 0 Å². The summed E-state index contributed by atoms with van der Waals surface area (Å²) in [5.74, 6) is -0.913. The minimum absolute atomic E-state index is 0.262. The molecule has 1 aromatic carbocycles. The van der Waals surface area contributed by atoms with E-state index in [-0.39, 0.29) is 5.69 Å². The standard InChI is InChI=1S/C10H7BrFNO2S/c1-15-10(14)9-8(13)4-2-6(12)5(11)3-7(4)16-9/h2-3H,13H2,1H3. The van der Waals surface area contributed by atoms with Crippen molar-refractivity contribution < 1.29 is 13.9 Å². The number of anilines is 1. The summed E-state index contributed by atoms with van der Waals surface area (Å²) in [4.78, 5) is 11.7. The average Bonchev–Trinajstić information content (AvgIpc) is 2.56. The SMILES string of the molecule is COC(=O)c1sc2cc(Br)c(F)cc2c1N. The maximum Gasteiger partial charge on any atom is 0.350 e. The summed E-state index contributed by atoms with van der Waals surface area (Å²) in [7, 11) is 1.28. The summed E-state index contributed by atoms with van der Waals surface area (Å²) in [5, 5.41) is 0.533. The molecule has 0 unspecified atom stereocenters. The number of nitrogens with two attached hydrogens (primary N) is 1. The summed E-state index contributed by atoms with van der Waals surface area (Å²) in [6.45, 7) is 0. The van der Waals surface area contributed by atoms with E-state index in [0.29, 0.717) is 14.7 Å². The molecule has 16 heavy (non-hydrogen) atoms. The maximum absolute atomic E-state index is 13.3. The van der Waals surface area contributed by atoms with Gasteiger partial charge >= 0.3 is 5.97 Å². The highest BCUT2D eigenvalue weighted by Gasteiger charge is 2.18. The first-order chi connectivity index (χ1) is 7.54. The lowest BCUT2D eigenvalue weighted by Crippen LogP contribution is -2.01. The lowest BCUT2D eigenvalue weighted by molar-refractivity contribution is 0.0607. The second-order valence-corrected chi connectivity index (χ2v) is 5.01. The smallest absolute Gasteiger partial charge is 0.350 e. The van der Waals surface area contributed by atoms with Crippen LogP contribution < -0.4 is 5.73 Å². The second kappa shape index (κ2) is 4.03. The first kappa shape index (κ1) is 11.3. The van der Waals surface area contributed by atoms with Gasteiger partial charge in [-0.1, -0.05) is 0 Å². The second-order valence-electron chi connectivity index (χ2n) is 3.10. The number of thiophene rings is 1. The van der Waals surface area contributed by atoms with E-state index < -0.39 is 11.8 Å². The van der Waals surface area contributed by atoms with Crippen LogP contribution in [0.1, 0.15) is 9.67 Å². The van der Waals surface area contributed by atoms with Gasteiger partial charge in [0.05, 0.1) is 17.3 Å². The van der Waals surface area contributed by atoms with Gasteiger partial charge in [-0.05, 0) is 28.1 Å². The number of fused-ring (bicyclic) bond motifs is 1. The fourth-order valence-electron chi connectivity index (χ4n) is 1.36. The Morgan fingerprint density at radius 2 is 2.25 bits per heavy atom. The summed E-state index contributed by atoms with van der Waals surface area (Å²) in [5.41, 5.74) is 6.02.